The van der Waals surface area contributed by atoms with E-state index in [0.717, 1.165) is 5.69 Å². The first-order valence-corrected chi connectivity index (χ1v) is 8.48. The molecule has 2 atom stereocenters. The molecule has 1 aliphatic rings. The largest absolute Gasteiger partial charge is 0.370 e. The lowest BCUT2D eigenvalue weighted by molar-refractivity contribution is 0.0959. The molecule has 0 aromatic carbocycles. The number of aromatic nitrogens is 4. The highest BCUT2D eigenvalue weighted by atomic mass is 32.2. The van der Waals surface area contributed by atoms with E-state index in [1.165, 1.54) is 6.20 Å². The number of ether oxygens (including phenoxy) is 1. The van der Waals surface area contributed by atoms with Crippen LogP contribution in [-0.2, 0) is 28.9 Å². The van der Waals surface area contributed by atoms with E-state index >= 15 is 0 Å². The van der Waals surface area contributed by atoms with Crippen LogP contribution in [0.2, 0.25) is 0 Å². The van der Waals surface area contributed by atoms with Crippen LogP contribution >= 0.6 is 0 Å². The molecule has 0 radical (unpaired) electrons. The predicted octanol–water partition coefficient (Wildman–Crippen LogP) is 0.271. The number of nitrogens with zero attached hydrogens (tertiary/aromatic N) is 4. The van der Waals surface area contributed by atoms with Gasteiger partial charge in [-0.3, -0.25) is 4.68 Å². The van der Waals surface area contributed by atoms with Gasteiger partial charge in [0.15, 0.2) is 5.03 Å². The van der Waals surface area contributed by atoms with Gasteiger partial charge in [-0.05, 0) is 19.4 Å². The molecule has 0 bridgehead atoms. The van der Waals surface area contributed by atoms with E-state index in [9.17, 15) is 8.42 Å². The Kier molecular flexibility index (Phi) is 3.79. The summed E-state index contributed by atoms with van der Waals surface area (Å²) in [6.07, 6.45) is 3.45. The van der Waals surface area contributed by atoms with Crippen molar-refractivity contribution < 1.29 is 13.2 Å². The van der Waals surface area contributed by atoms with Crippen LogP contribution in [0.1, 0.15) is 24.0 Å². The zero-order valence-corrected chi connectivity index (χ0v) is 13.5. The Bertz CT molecular complexity index is 760. The topological polar surface area (TPSA) is 91.0 Å². The summed E-state index contributed by atoms with van der Waals surface area (Å²) in [7, 11) is -0.101. The summed E-state index contributed by atoms with van der Waals surface area (Å²) in [4.78, 5) is 4.08. The minimum Gasteiger partial charge on any atom is -0.370 e. The molecule has 22 heavy (non-hydrogen) atoms. The Morgan fingerprint density at radius 1 is 1.41 bits per heavy atom. The highest BCUT2D eigenvalue weighted by Gasteiger charge is 2.35. The molecule has 1 saturated heterocycles. The summed E-state index contributed by atoms with van der Waals surface area (Å²) in [5.41, 5.74) is 0.849. The van der Waals surface area contributed by atoms with Gasteiger partial charge in [0.25, 0.3) is 10.0 Å². The summed E-state index contributed by atoms with van der Waals surface area (Å²) < 4.78 is 36.7. The monoisotopic (exact) mass is 325 g/mol. The van der Waals surface area contributed by atoms with Crippen LogP contribution in [-0.4, -0.2) is 40.4 Å². The fraction of sp³-hybridized carbons (Fsp3) is 0.538. The van der Waals surface area contributed by atoms with Gasteiger partial charge in [-0.25, -0.2) is 18.1 Å². The summed E-state index contributed by atoms with van der Waals surface area (Å²) >= 11 is 0. The Hall–Kier alpha value is -1.71. The predicted molar refractivity (Wildman–Crippen MR) is 78.6 cm³/mol. The Morgan fingerprint density at radius 3 is 2.77 bits per heavy atom. The molecule has 3 rings (SSSR count). The first-order chi connectivity index (χ1) is 10.4. The molecule has 1 N–H and O–H groups in total. The van der Waals surface area contributed by atoms with Gasteiger partial charge in [-0.1, -0.05) is 0 Å². The summed E-state index contributed by atoms with van der Waals surface area (Å²) in [5, 5.41) is 4.14. The van der Waals surface area contributed by atoms with Crippen molar-refractivity contribution in [1.29, 1.82) is 0 Å². The molecular formula is C13H19N5O3S. The van der Waals surface area contributed by atoms with Crippen LogP contribution < -0.4 is 4.72 Å². The number of sulfonamides is 1. The number of aryl methyl sites for hydroxylation is 3. The van der Waals surface area contributed by atoms with Crippen molar-refractivity contribution in [1.82, 2.24) is 24.1 Å². The molecule has 8 nitrogen and oxygen atoms in total. The van der Waals surface area contributed by atoms with Crippen LogP contribution in [0.5, 0.6) is 0 Å². The average Bonchev–Trinajstić information content (AvgIpc) is 3.12. The third-order valence-corrected chi connectivity index (χ3v) is 5.27. The quantitative estimate of drug-likeness (QED) is 0.871. The van der Waals surface area contributed by atoms with Gasteiger partial charge >= 0.3 is 0 Å². The molecule has 1 aliphatic heterocycles. The van der Waals surface area contributed by atoms with Crippen molar-refractivity contribution in [2.75, 3.05) is 6.61 Å². The number of hydrogen-bond donors (Lipinski definition) is 1. The van der Waals surface area contributed by atoms with Crippen molar-refractivity contribution in [3.8, 4) is 0 Å². The molecule has 0 saturated carbocycles. The van der Waals surface area contributed by atoms with Crippen LogP contribution in [0, 0.1) is 6.92 Å². The fourth-order valence-electron chi connectivity index (χ4n) is 2.58. The minimum absolute atomic E-state index is 0.0307. The van der Waals surface area contributed by atoms with Gasteiger partial charge in [0.2, 0.25) is 0 Å². The summed E-state index contributed by atoms with van der Waals surface area (Å²) in [6.45, 7) is 2.26. The minimum atomic E-state index is -3.67. The molecule has 0 amide bonds. The standard InChI is InChI=1S/C13H19N5O3S/c1-9-15-12(8-17(9)2)22(19,20)16-10-5-7-21-13(10)11-4-6-14-18(11)3/h4,6,8,10,13,16H,5,7H2,1-3H3/t10-,13-/m0/s1. The third-order valence-electron chi connectivity index (χ3n) is 3.91. The van der Waals surface area contributed by atoms with Gasteiger partial charge in [-0.15, -0.1) is 0 Å². The SMILES string of the molecule is Cc1nc(S(=O)(=O)N[C@H]2CCO[C@@H]2c2ccnn2C)cn1C. The Balaban J connectivity index is 1.84. The van der Waals surface area contributed by atoms with Gasteiger partial charge in [0.05, 0.1) is 11.7 Å². The number of hydrogen-bond acceptors (Lipinski definition) is 5. The molecule has 2 aromatic heterocycles. The van der Waals surface area contributed by atoms with Gasteiger partial charge in [-0.2, -0.15) is 5.10 Å². The van der Waals surface area contributed by atoms with Crippen LogP contribution in [0.4, 0.5) is 0 Å². The highest BCUT2D eigenvalue weighted by Crippen LogP contribution is 2.29. The maximum Gasteiger partial charge on any atom is 0.259 e. The zero-order chi connectivity index (χ0) is 15.9. The molecule has 1 fully saturated rings. The normalized spacial score (nSPS) is 22.3. The molecule has 120 valence electrons. The second kappa shape index (κ2) is 5.49. The van der Waals surface area contributed by atoms with Crippen molar-refractivity contribution >= 4 is 10.0 Å². The van der Waals surface area contributed by atoms with Crippen molar-refractivity contribution in [2.24, 2.45) is 14.1 Å². The van der Waals surface area contributed by atoms with Crippen molar-refractivity contribution in [3.63, 3.8) is 0 Å². The van der Waals surface area contributed by atoms with E-state index in [4.69, 9.17) is 4.74 Å². The van der Waals surface area contributed by atoms with Crippen molar-refractivity contribution in [2.45, 2.75) is 30.5 Å². The second-order valence-electron chi connectivity index (χ2n) is 5.42. The second-order valence-corrected chi connectivity index (χ2v) is 7.09. The Labute approximate surface area is 129 Å². The number of nitrogens with one attached hydrogen (secondary N) is 1. The van der Waals surface area contributed by atoms with E-state index in [2.05, 4.69) is 14.8 Å². The van der Waals surface area contributed by atoms with Crippen LogP contribution in [0.15, 0.2) is 23.5 Å². The van der Waals surface area contributed by atoms with Gasteiger partial charge < -0.3 is 9.30 Å². The number of rotatable bonds is 4. The summed E-state index contributed by atoms with van der Waals surface area (Å²) in [6, 6.07) is 1.50. The zero-order valence-electron chi connectivity index (χ0n) is 12.7. The van der Waals surface area contributed by atoms with Crippen molar-refractivity contribution in [3.05, 3.63) is 30.0 Å². The third kappa shape index (κ3) is 2.67. The molecule has 0 unspecified atom stereocenters. The maximum atomic E-state index is 12.5. The van der Waals surface area contributed by atoms with E-state index < -0.39 is 10.0 Å². The Morgan fingerprint density at radius 2 is 2.18 bits per heavy atom. The molecule has 3 heterocycles. The van der Waals surface area contributed by atoms with E-state index in [-0.39, 0.29) is 17.2 Å². The molecule has 0 aliphatic carbocycles. The molecular weight excluding hydrogens is 306 g/mol. The van der Waals surface area contributed by atoms with Crippen LogP contribution in [0.3, 0.4) is 0 Å². The smallest absolute Gasteiger partial charge is 0.259 e. The molecule has 9 heteroatoms. The fourth-order valence-corrected chi connectivity index (χ4v) is 3.89. The first kappa shape index (κ1) is 15.2. The first-order valence-electron chi connectivity index (χ1n) is 7.00. The lowest BCUT2D eigenvalue weighted by Crippen LogP contribution is -2.37. The van der Waals surface area contributed by atoms with Crippen LogP contribution in [0.25, 0.3) is 0 Å². The number of imidazole rings is 1. The average molecular weight is 325 g/mol. The highest BCUT2D eigenvalue weighted by molar-refractivity contribution is 7.89. The van der Waals surface area contributed by atoms with Gasteiger partial charge in [0, 0.05) is 33.1 Å². The lowest BCUT2D eigenvalue weighted by Gasteiger charge is -2.19. The molecule has 0 spiro atoms. The van der Waals surface area contributed by atoms with E-state index in [1.54, 1.807) is 29.4 Å². The van der Waals surface area contributed by atoms with Gasteiger partial charge in [0.1, 0.15) is 11.9 Å². The van der Waals surface area contributed by atoms with E-state index in [1.807, 2.05) is 13.1 Å². The molecule has 2 aromatic rings. The lowest BCUT2D eigenvalue weighted by atomic mass is 10.1. The maximum absolute atomic E-state index is 12.5. The summed E-state index contributed by atoms with van der Waals surface area (Å²) in [5.74, 6) is 0.645. The van der Waals surface area contributed by atoms with E-state index in [0.29, 0.717) is 18.9 Å².